The Bertz CT molecular complexity index is 543. The van der Waals surface area contributed by atoms with Crippen molar-refractivity contribution in [2.45, 2.75) is 56.6 Å². The molecule has 6 nitrogen and oxygen atoms in total. The topological polar surface area (TPSA) is 101 Å². The van der Waals surface area contributed by atoms with E-state index in [-0.39, 0.29) is 23.6 Å². The monoisotopic (exact) mass is 354 g/mol. The van der Waals surface area contributed by atoms with E-state index in [0.29, 0.717) is 12.8 Å². The maximum atomic E-state index is 11.8. The first-order valence-corrected chi connectivity index (χ1v) is 9.19. The highest BCUT2D eigenvalue weighted by Crippen LogP contribution is 2.36. The second kappa shape index (κ2) is 8.97. The van der Waals surface area contributed by atoms with Crippen molar-refractivity contribution >= 4 is 29.7 Å². The van der Waals surface area contributed by atoms with Crippen LogP contribution in [0.2, 0.25) is 0 Å². The van der Waals surface area contributed by atoms with Crippen molar-refractivity contribution in [3.05, 3.63) is 0 Å². The smallest absolute Gasteiger partial charge is 0.322 e. The lowest BCUT2D eigenvalue weighted by Crippen LogP contribution is -2.36. The van der Waals surface area contributed by atoms with Gasteiger partial charge in [0.05, 0.1) is 17.8 Å². The fourth-order valence-electron chi connectivity index (χ4n) is 3.41. The molecule has 0 spiro atoms. The Hall–Kier alpha value is -1.68. The zero-order chi connectivity index (χ0) is 17.5. The number of ether oxygens (including phenoxy) is 1. The van der Waals surface area contributed by atoms with Gasteiger partial charge in [0, 0.05) is 10.5 Å². The fraction of sp³-hybridized carbons (Fsp3) is 0.706. The van der Waals surface area contributed by atoms with Gasteiger partial charge in [-0.05, 0) is 32.1 Å². The summed E-state index contributed by atoms with van der Waals surface area (Å²) in [6.45, 7) is 0. The van der Waals surface area contributed by atoms with Crippen LogP contribution in [0.1, 0.15) is 51.4 Å². The van der Waals surface area contributed by atoms with E-state index in [0.717, 1.165) is 32.1 Å². The van der Waals surface area contributed by atoms with E-state index < -0.39 is 23.8 Å². The van der Waals surface area contributed by atoms with E-state index in [9.17, 15) is 19.5 Å². The molecule has 0 heterocycles. The maximum Gasteiger partial charge on any atom is 0.322 e. The lowest BCUT2D eigenvalue weighted by Gasteiger charge is -2.29. The maximum absolute atomic E-state index is 11.8. The van der Waals surface area contributed by atoms with Crippen LogP contribution >= 0.6 is 11.8 Å². The molecule has 0 radical (unpaired) electrons. The summed E-state index contributed by atoms with van der Waals surface area (Å²) >= 11 is 1.23. The summed E-state index contributed by atoms with van der Waals surface area (Å²) in [6.07, 6.45) is 8.56. The highest BCUT2D eigenvalue weighted by molar-refractivity contribution is 8.04. The Morgan fingerprint density at radius 2 is 1.58 bits per heavy atom. The molecule has 0 aliphatic heterocycles. The number of aliphatic carboxylic acids is 2. The molecule has 0 bridgehead atoms. The normalized spacial score (nSPS) is 27.6. The second-order valence-electron chi connectivity index (χ2n) is 6.40. The Morgan fingerprint density at radius 1 is 0.917 bits per heavy atom. The first kappa shape index (κ1) is 18.7. The van der Waals surface area contributed by atoms with Crippen LogP contribution in [0.4, 0.5) is 0 Å². The molecule has 132 valence electrons. The minimum absolute atomic E-state index is 0.0532. The summed E-state index contributed by atoms with van der Waals surface area (Å²) < 4.78 is 4.97. The van der Waals surface area contributed by atoms with Crippen molar-refractivity contribution in [2.24, 2.45) is 17.8 Å². The summed E-state index contributed by atoms with van der Waals surface area (Å²) in [5.74, 6) is -4.19. The van der Waals surface area contributed by atoms with E-state index in [2.05, 4.69) is 11.4 Å². The molecule has 0 amide bonds. The molecule has 3 unspecified atom stereocenters. The standard InChI is InChI=1S/C17H22O6S/c18-15(19)13-7-6-12(10-14(13)16(20)21)24-9-8-23-17(22)11-4-2-1-3-5-11/h11-14H,1-7,10H2,(H,18,19)(H,20,21). The highest BCUT2D eigenvalue weighted by atomic mass is 32.2. The first-order chi connectivity index (χ1) is 11.5. The number of hydrogen-bond donors (Lipinski definition) is 2. The predicted molar refractivity (Wildman–Crippen MR) is 87.9 cm³/mol. The van der Waals surface area contributed by atoms with Gasteiger partial charge in [-0.1, -0.05) is 31.0 Å². The number of thioether (sulfide) groups is 1. The van der Waals surface area contributed by atoms with Gasteiger partial charge in [-0.2, -0.15) is 0 Å². The zero-order valence-corrected chi connectivity index (χ0v) is 14.2. The van der Waals surface area contributed by atoms with Gasteiger partial charge in [0.15, 0.2) is 0 Å². The molecule has 2 N–H and O–H groups in total. The van der Waals surface area contributed by atoms with Crippen molar-refractivity contribution in [1.82, 2.24) is 0 Å². The predicted octanol–water partition coefficient (Wildman–Crippen LogP) is 2.72. The van der Waals surface area contributed by atoms with Gasteiger partial charge in [0.1, 0.15) is 6.11 Å². The third-order valence-corrected chi connectivity index (χ3v) is 5.76. The molecule has 7 heteroatoms. The van der Waals surface area contributed by atoms with Crippen LogP contribution in [0, 0.1) is 29.1 Å². The summed E-state index contributed by atoms with van der Waals surface area (Å²) in [7, 11) is 0. The average molecular weight is 354 g/mol. The number of rotatable bonds is 4. The molecule has 2 fully saturated rings. The number of carbonyl (C=O) groups is 3. The lowest BCUT2D eigenvalue weighted by molar-refractivity contribution is -0.155. The molecule has 0 aromatic heterocycles. The van der Waals surface area contributed by atoms with E-state index >= 15 is 0 Å². The number of carboxylic acids is 2. The quantitative estimate of drug-likeness (QED) is 0.591. The molecule has 0 aromatic carbocycles. The molecule has 2 saturated carbocycles. The minimum atomic E-state index is -1.08. The number of carboxylic acid groups (broad SMARTS) is 2. The first-order valence-electron chi connectivity index (χ1n) is 8.31. The minimum Gasteiger partial charge on any atom is -0.481 e. The molecule has 0 aromatic rings. The van der Waals surface area contributed by atoms with Gasteiger partial charge in [0.2, 0.25) is 0 Å². The van der Waals surface area contributed by atoms with E-state index in [1.807, 2.05) is 0 Å². The van der Waals surface area contributed by atoms with Crippen molar-refractivity contribution in [3.8, 4) is 11.4 Å². The second-order valence-corrected chi connectivity index (χ2v) is 7.51. The molecule has 2 aliphatic carbocycles. The van der Waals surface area contributed by atoms with Crippen LogP contribution in [-0.4, -0.2) is 33.4 Å². The van der Waals surface area contributed by atoms with Gasteiger partial charge in [0.25, 0.3) is 0 Å². The van der Waals surface area contributed by atoms with Crippen LogP contribution in [0.3, 0.4) is 0 Å². The summed E-state index contributed by atoms with van der Waals surface area (Å²) in [5.41, 5.74) is 0. The molecule has 2 rings (SSSR count). The molecular formula is C17H22O6S. The number of carbonyl (C=O) groups excluding carboxylic acids is 1. The zero-order valence-electron chi connectivity index (χ0n) is 13.4. The van der Waals surface area contributed by atoms with Crippen LogP contribution in [0.5, 0.6) is 0 Å². The van der Waals surface area contributed by atoms with Gasteiger partial charge in [-0.25, -0.2) is 0 Å². The molecule has 24 heavy (non-hydrogen) atoms. The molecule has 0 saturated heterocycles. The van der Waals surface area contributed by atoms with E-state index in [1.165, 1.54) is 11.8 Å². The number of esters is 1. The summed E-state index contributed by atoms with van der Waals surface area (Å²) in [5, 5.41) is 20.9. The SMILES string of the molecule is O=C(OC#CSC1CCC(C(=O)O)C(C(=O)O)C1)C1CCCCC1. The Kier molecular flexibility index (Phi) is 6.98. The number of hydrogen-bond acceptors (Lipinski definition) is 5. The van der Waals surface area contributed by atoms with Gasteiger partial charge in [-0.3, -0.25) is 14.4 Å². The van der Waals surface area contributed by atoms with Crippen molar-refractivity contribution in [3.63, 3.8) is 0 Å². The van der Waals surface area contributed by atoms with Crippen LogP contribution in [0.15, 0.2) is 0 Å². The third-order valence-electron chi connectivity index (χ3n) is 4.79. The van der Waals surface area contributed by atoms with Crippen molar-refractivity contribution in [1.29, 1.82) is 0 Å². The van der Waals surface area contributed by atoms with Crippen LogP contribution < -0.4 is 0 Å². The van der Waals surface area contributed by atoms with Crippen LogP contribution in [-0.2, 0) is 19.1 Å². The Morgan fingerprint density at radius 3 is 2.21 bits per heavy atom. The summed E-state index contributed by atoms with van der Waals surface area (Å²) in [4.78, 5) is 34.2. The van der Waals surface area contributed by atoms with Crippen molar-refractivity contribution < 1.29 is 29.3 Å². The van der Waals surface area contributed by atoms with Gasteiger partial charge >= 0.3 is 17.9 Å². The van der Waals surface area contributed by atoms with Crippen LogP contribution in [0.25, 0.3) is 0 Å². The van der Waals surface area contributed by atoms with Gasteiger partial charge in [-0.15, -0.1) is 0 Å². The highest BCUT2D eigenvalue weighted by Gasteiger charge is 2.39. The Balaban J connectivity index is 1.79. The molecule has 3 atom stereocenters. The lowest BCUT2D eigenvalue weighted by atomic mass is 9.79. The van der Waals surface area contributed by atoms with E-state index in [1.54, 1.807) is 0 Å². The van der Waals surface area contributed by atoms with Crippen molar-refractivity contribution in [2.75, 3.05) is 0 Å². The fourth-order valence-corrected chi connectivity index (χ4v) is 4.22. The summed E-state index contributed by atoms with van der Waals surface area (Å²) in [6, 6.07) is 0. The third kappa shape index (κ3) is 5.17. The van der Waals surface area contributed by atoms with Gasteiger partial charge < -0.3 is 14.9 Å². The Labute approximate surface area is 145 Å². The molecule has 2 aliphatic rings. The van der Waals surface area contributed by atoms with E-state index in [4.69, 9.17) is 9.84 Å². The largest absolute Gasteiger partial charge is 0.481 e. The molecular weight excluding hydrogens is 332 g/mol. The average Bonchev–Trinajstić information content (AvgIpc) is 2.59.